The van der Waals surface area contributed by atoms with Crippen LogP contribution in [0.2, 0.25) is 0 Å². The molecule has 0 saturated heterocycles. The number of carbonyl (C=O) groups is 2. The molecule has 0 saturated carbocycles. The quantitative estimate of drug-likeness (QED) is 0.457. The Morgan fingerprint density at radius 1 is 1.42 bits per heavy atom. The fourth-order valence-corrected chi connectivity index (χ4v) is 3.26. The van der Waals surface area contributed by atoms with Crippen LogP contribution in [0, 0.1) is 10.1 Å². The Labute approximate surface area is 151 Å². The van der Waals surface area contributed by atoms with Gasteiger partial charge in [-0.2, -0.15) is 0 Å². The van der Waals surface area contributed by atoms with Crippen LogP contribution in [-0.4, -0.2) is 35.7 Å². The van der Waals surface area contributed by atoms with E-state index < -0.39 is 10.9 Å². The van der Waals surface area contributed by atoms with Gasteiger partial charge in [-0.15, -0.1) is 0 Å². The molecule has 0 radical (unpaired) electrons. The molecule has 0 aliphatic carbocycles. The van der Waals surface area contributed by atoms with Crippen LogP contribution in [0.5, 0.6) is 0 Å². The molecule has 1 aliphatic rings. The fourth-order valence-electron chi connectivity index (χ4n) is 3.26. The van der Waals surface area contributed by atoms with Crippen molar-refractivity contribution in [1.82, 2.24) is 0 Å². The maximum absolute atomic E-state index is 11.7. The molecule has 1 heterocycles. The van der Waals surface area contributed by atoms with E-state index in [1.807, 2.05) is 13.8 Å². The number of aryl methyl sites for hydroxylation is 1. The van der Waals surface area contributed by atoms with Gasteiger partial charge in [-0.1, -0.05) is 13.8 Å². The lowest BCUT2D eigenvalue weighted by Crippen LogP contribution is -2.20. The van der Waals surface area contributed by atoms with E-state index in [0.29, 0.717) is 54.5 Å². The Hall–Kier alpha value is -3.03. The number of carboxylic acid groups (broad SMARTS) is 1. The number of amides is 1. The summed E-state index contributed by atoms with van der Waals surface area (Å²) in [5.74, 6) is -1.05. The minimum absolute atomic E-state index is 0.172. The maximum atomic E-state index is 11.7. The number of carboxylic acids is 1. The lowest BCUT2D eigenvalue weighted by molar-refractivity contribution is -0.384. The van der Waals surface area contributed by atoms with Crippen LogP contribution in [0.1, 0.15) is 43.4 Å². The highest BCUT2D eigenvalue weighted by Gasteiger charge is 2.29. The molecule has 138 valence electrons. The first kappa shape index (κ1) is 19.3. The minimum atomic E-state index is -1.05. The minimum Gasteiger partial charge on any atom is -0.478 e. The predicted octanol–water partition coefficient (Wildman–Crippen LogP) is 2.97. The third-order valence-electron chi connectivity index (χ3n) is 4.43. The second-order valence-electron chi connectivity index (χ2n) is 5.92. The summed E-state index contributed by atoms with van der Waals surface area (Å²) in [5, 5.41) is 21.1. The Balaban J connectivity index is 2.97. The van der Waals surface area contributed by atoms with Gasteiger partial charge in [-0.25, -0.2) is 4.79 Å². The number of aliphatic carboxylic acids is 1. The number of nitro groups is 1. The largest absolute Gasteiger partial charge is 0.478 e. The van der Waals surface area contributed by atoms with E-state index >= 15 is 0 Å². The molecule has 0 fully saturated rings. The van der Waals surface area contributed by atoms with E-state index in [1.54, 1.807) is 6.21 Å². The van der Waals surface area contributed by atoms with Crippen molar-refractivity contribution in [1.29, 1.82) is 0 Å². The summed E-state index contributed by atoms with van der Waals surface area (Å²) in [4.78, 5) is 39.5. The number of hydrogen-bond donors (Lipinski definition) is 1. The van der Waals surface area contributed by atoms with Crippen LogP contribution < -0.4 is 4.90 Å². The van der Waals surface area contributed by atoms with Gasteiger partial charge in [0, 0.05) is 24.9 Å². The smallest absolute Gasteiger partial charge is 0.333 e. The predicted molar refractivity (Wildman–Crippen MR) is 98.6 cm³/mol. The second kappa shape index (κ2) is 7.90. The summed E-state index contributed by atoms with van der Waals surface area (Å²) >= 11 is 0. The third-order valence-corrected chi connectivity index (χ3v) is 4.43. The summed E-state index contributed by atoms with van der Waals surface area (Å²) in [7, 11) is 1.44. The van der Waals surface area contributed by atoms with Gasteiger partial charge in [0.1, 0.15) is 5.69 Å². The monoisotopic (exact) mass is 359 g/mol. The molecular weight excluding hydrogens is 338 g/mol. The lowest BCUT2D eigenvalue weighted by atomic mass is 9.88. The number of aliphatic imine (C=N–C) groups is 1. The van der Waals surface area contributed by atoms with Crippen LogP contribution in [0.25, 0.3) is 5.70 Å². The Bertz CT molecular complexity index is 827. The Kier molecular flexibility index (Phi) is 5.86. The normalized spacial score (nSPS) is 13.7. The third kappa shape index (κ3) is 3.35. The van der Waals surface area contributed by atoms with Crippen molar-refractivity contribution in [3.8, 4) is 0 Å². The number of nitro benzene ring substituents is 1. The van der Waals surface area contributed by atoms with Crippen LogP contribution in [-0.2, 0) is 22.4 Å². The van der Waals surface area contributed by atoms with E-state index in [9.17, 15) is 24.8 Å². The Morgan fingerprint density at radius 2 is 2.12 bits per heavy atom. The van der Waals surface area contributed by atoms with Crippen LogP contribution in [0.15, 0.2) is 16.6 Å². The maximum Gasteiger partial charge on any atom is 0.333 e. The Morgan fingerprint density at radius 3 is 2.62 bits per heavy atom. The van der Waals surface area contributed by atoms with Gasteiger partial charge in [-0.05, 0) is 36.8 Å². The molecule has 0 atom stereocenters. The number of anilines is 1. The number of rotatable bonds is 7. The van der Waals surface area contributed by atoms with Crippen molar-refractivity contribution in [3.05, 3.63) is 38.4 Å². The van der Waals surface area contributed by atoms with Gasteiger partial charge in [0.2, 0.25) is 6.41 Å². The molecule has 1 amide bonds. The van der Waals surface area contributed by atoms with Crippen molar-refractivity contribution >= 4 is 35.7 Å². The zero-order chi connectivity index (χ0) is 19.4. The summed E-state index contributed by atoms with van der Waals surface area (Å²) in [6, 6.07) is 1.42. The number of nitrogens with zero attached hydrogens (tertiary/aromatic N) is 3. The van der Waals surface area contributed by atoms with Crippen molar-refractivity contribution in [2.75, 3.05) is 11.9 Å². The van der Waals surface area contributed by atoms with Crippen molar-refractivity contribution in [2.24, 2.45) is 4.99 Å². The molecule has 8 nitrogen and oxygen atoms in total. The van der Waals surface area contributed by atoms with Crippen molar-refractivity contribution in [3.63, 3.8) is 0 Å². The summed E-state index contributed by atoms with van der Waals surface area (Å²) in [6.07, 6.45) is 3.90. The fraction of sp³-hybridized carbons (Fsp3) is 0.389. The van der Waals surface area contributed by atoms with Gasteiger partial charge in [0.05, 0.1) is 16.2 Å². The van der Waals surface area contributed by atoms with Crippen molar-refractivity contribution in [2.45, 2.75) is 39.5 Å². The highest BCUT2D eigenvalue weighted by molar-refractivity contribution is 6.01. The highest BCUT2D eigenvalue weighted by Crippen LogP contribution is 2.41. The topological polar surface area (TPSA) is 113 Å². The average Bonchev–Trinajstić information content (AvgIpc) is 2.65. The summed E-state index contributed by atoms with van der Waals surface area (Å²) in [5.41, 5.74) is 2.30. The molecule has 0 aromatic heterocycles. The van der Waals surface area contributed by atoms with Gasteiger partial charge < -0.3 is 10.0 Å². The highest BCUT2D eigenvalue weighted by atomic mass is 16.6. The van der Waals surface area contributed by atoms with Gasteiger partial charge in [-0.3, -0.25) is 19.9 Å². The molecular formula is C18H21N3O5. The van der Waals surface area contributed by atoms with Crippen LogP contribution in [0.4, 0.5) is 11.4 Å². The van der Waals surface area contributed by atoms with Crippen LogP contribution >= 0.6 is 0 Å². The number of hydrogen-bond acceptors (Lipinski definition) is 5. The average molecular weight is 359 g/mol. The van der Waals surface area contributed by atoms with E-state index in [0.717, 1.165) is 4.90 Å². The van der Waals surface area contributed by atoms with Crippen LogP contribution in [0.3, 0.4) is 0 Å². The first-order valence-electron chi connectivity index (χ1n) is 8.37. The van der Waals surface area contributed by atoms with Gasteiger partial charge in [0.25, 0.3) is 5.69 Å². The van der Waals surface area contributed by atoms with Gasteiger partial charge >= 0.3 is 5.97 Å². The SMILES string of the molecule is CCc1cc([N+](=O)[O-])c(N(C)C=O)c(CC)c1C1=C(C(=O)O)CCC=N1. The summed E-state index contributed by atoms with van der Waals surface area (Å²) in [6.45, 7) is 3.66. The molecule has 1 aromatic rings. The van der Waals surface area contributed by atoms with E-state index in [2.05, 4.69) is 4.99 Å². The molecule has 2 rings (SSSR count). The van der Waals surface area contributed by atoms with Gasteiger partial charge in [0.15, 0.2) is 0 Å². The molecule has 8 heteroatoms. The second-order valence-corrected chi connectivity index (χ2v) is 5.92. The van der Waals surface area contributed by atoms with Crippen molar-refractivity contribution < 1.29 is 19.6 Å². The van der Waals surface area contributed by atoms with E-state index in [4.69, 9.17) is 0 Å². The molecule has 1 N–H and O–H groups in total. The number of carbonyl (C=O) groups excluding carboxylic acids is 1. The zero-order valence-corrected chi connectivity index (χ0v) is 15.0. The molecule has 0 unspecified atom stereocenters. The summed E-state index contributed by atoms with van der Waals surface area (Å²) < 4.78 is 0. The lowest BCUT2D eigenvalue weighted by Gasteiger charge is -2.23. The molecule has 0 spiro atoms. The molecule has 26 heavy (non-hydrogen) atoms. The standard InChI is InChI=1S/C18H21N3O5/c1-4-11-9-14(21(25)26)17(20(3)10-22)12(5-2)15(11)16-13(18(23)24)7-6-8-19-16/h8-10H,4-7H2,1-3H3,(H,23,24). The van der Waals surface area contributed by atoms with E-state index in [-0.39, 0.29) is 16.9 Å². The van der Waals surface area contributed by atoms with E-state index in [1.165, 1.54) is 13.1 Å². The molecule has 1 aliphatic heterocycles. The first-order chi connectivity index (χ1) is 12.4. The first-order valence-corrected chi connectivity index (χ1v) is 8.37. The molecule has 1 aromatic carbocycles. The number of benzene rings is 1. The zero-order valence-electron chi connectivity index (χ0n) is 15.0. The molecule has 0 bridgehead atoms.